The van der Waals surface area contributed by atoms with Crippen LogP contribution in [0.2, 0.25) is 0 Å². The predicted octanol–water partition coefficient (Wildman–Crippen LogP) is 2.84. The van der Waals surface area contributed by atoms with E-state index in [9.17, 15) is 4.79 Å². The molecule has 3 nitrogen and oxygen atoms in total. The van der Waals surface area contributed by atoms with Crippen molar-refractivity contribution >= 4 is 18.3 Å². The largest absolute Gasteiger partial charge is 0.355 e. The molecule has 0 aliphatic heterocycles. The zero-order valence-electron chi connectivity index (χ0n) is 12.7. The van der Waals surface area contributed by atoms with E-state index in [1.54, 1.807) is 0 Å². The molecule has 0 fully saturated rings. The highest BCUT2D eigenvalue weighted by Crippen LogP contribution is 2.24. The molecule has 0 saturated heterocycles. The minimum Gasteiger partial charge on any atom is -0.355 e. The number of benzene rings is 1. The van der Waals surface area contributed by atoms with Crippen LogP contribution in [0, 0.1) is 12.3 Å². The van der Waals surface area contributed by atoms with Crippen molar-refractivity contribution in [2.75, 3.05) is 13.1 Å². The lowest BCUT2D eigenvalue weighted by atomic mass is 9.81. The van der Waals surface area contributed by atoms with E-state index in [-0.39, 0.29) is 18.3 Å². The molecular weight excluding hydrogens is 272 g/mol. The Morgan fingerprint density at radius 3 is 2.20 bits per heavy atom. The average molecular weight is 299 g/mol. The van der Waals surface area contributed by atoms with Gasteiger partial charge in [-0.2, -0.15) is 0 Å². The van der Waals surface area contributed by atoms with E-state index >= 15 is 0 Å². The first-order valence-electron chi connectivity index (χ1n) is 7.12. The van der Waals surface area contributed by atoms with Crippen molar-refractivity contribution in [2.45, 2.75) is 40.0 Å². The van der Waals surface area contributed by atoms with Crippen molar-refractivity contribution in [2.24, 2.45) is 11.1 Å². The second-order valence-electron chi connectivity index (χ2n) is 5.18. The normalized spacial score (nSPS) is 10.8. The van der Waals surface area contributed by atoms with Gasteiger partial charge in [0.15, 0.2) is 0 Å². The van der Waals surface area contributed by atoms with Gasteiger partial charge >= 0.3 is 0 Å². The molecule has 0 radical (unpaired) electrons. The van der Waals surface area contributed by atoms with Crippen LogP contribution in [0.25, 0.3) is 0 Å². The van der Waals surface area contributed by atoms with Gasteiger partial charge in [-0.25, -0.2) is 0 Å². The van der Waals surface area contributed by atoms with Crippen molar-refractivity contribution in [3.05, 3.63) is 35.4 Å². The summed E-state index contributed by atoms with van der Waals surface area (Å²) in [5.74, 6) is 0.0899. The Morgan fingerprint density at radius 2 is 1.75 bits per heavy atom. The zero-order valence-corrected chi connectivity index (χ0v) is 13.6. The minimum absolute atomic E-state index is 0. The Bertz CT molecular complexity index is 391. The average Bonchev–Trinajstić information content (AvgIpc) is 2.44. The first kappa shape index (κ1) is 18.9. The standard InChI is InChI=1S/C16H26N2O.ClH/c1-4-16(5-2,12-17)15(19)18-11-10-14-8-6-13(3)7-9-14;/h6-9H,4-5,10-12,17H2,1-3H3,(H,18,19);1H. The van der Waals surface area contributed by atoms with Crippen LogP contribution in [-0.2, 0) is 11.2 Å². The molecule has 20 heavy (non-hydrogen) atoms. The van der Waals surface area contributed by atoms with Gasteiger partial charge in [-0.15, -0.1) is 12.4 Å². The van der Waals surface area contributed by atoms with Gasteiger partial charge in [0.05, 0.1) is 5.41 Å². The summed E-state index contributed by atoms with van der Waals surface area (Å²) in [5, 5.41) is 3.02. The first-order valence-corrected chi connectivity index (χ1v) is 7.12. The van der Waals surface area contributed by atoms with E-state index in [4.69, 9.17) is 5.73 Å². The fourth-order valence-electron chi connectivity index (χ4n) is 2.22. The molecule has 0 unspecified atom stereocenters. The summed E-state index contributed by atoms with van der Waals surface area (Å²) >= 11 is 0. The van der Waals surface area contributed by atoms with Crippen LogP contribution in [-0.4, -0.2) is 19.0 Å². The van der Waals surface area contributed by atoms with Crippen LogP contribution in [0.1, 0.15) is 37.8 Å². The molecule has 1 aromatic rings. The second kappa shape index (κ2) is 8.98. The summed E-state index contributed by atoms with van der Waals surface area (Å²) in [5.41, 5.74) is 7.88. The summed E-state index contributed by atoms with van der Waals surface area (Å²) in [6.45, 7) is 7.20. The lowest BCUT2D eigenvalue weighted by Crippen LogP contribution is -2.45. The van der Waals surface area contributed by atoms with Crippen LogP contribution >= 0.6 is 12.4 Å². The van der Waals surface area contributed by atoms with Crippen LogP contribution in [0.3, 0.4) is 0 Å². The van der Waals surface area contributed by atoms with Gasteiger partial charge in [0, 0.05) is 13.1 Å². The number of rotatable bonds is 7. The molecule has 1 amide bonds. The van der Waals surface area contributed by atoms with Crippen LogP contribution < -0.4 is 11.1 Å². The smallest absolute Gasteiger partial charge is 0.227 e. The minimum atomic E-state index is -0.396. The van der Waals surface area contributed by atoms with Gasteiger partial charge in [-0.05, 0) is 31.7 Å². The van der Waals surface area contributed by atoms with Crippen LogP contribution in [0.15, 0.2) is 24.3 Å². The Kier molecular flexibility index (Phi) is 8.51. The molecule has 114 valence electrons. The number of carbonyl (C=O) groups is 1. The third-order valence-electron chi connectivity index (χ3n) is 4.05. The molecule has 1 rings (SSSR count). The third kappa shape index (κ3) is 4.80. The molecule has 0 spiro atoms. The van der Waals surface area contributed by atoms with E-state index in [2.05, 4.69) is 36.5 Å². The molecular formula is C16H27ClN2O. The Labute approximate surface area is 128 Å². The molecule has 0 heterocycles. The first-order chi connectivity index (χ1) is 9.07. The maximum Gasteiger partial charge on any atom is 0.227 e. The molecule has 1 aromatic carbocycles. The Balaban J connectivity index is 0.00000361. The highest BCUT2D eigenvalue weighted by atomic mass is 35.5. The van der Waals surface area contributed by atoms with Gasteiger partial charge in [0.2, 0.25) is 5.91 Å². The lowest BCUT2D eigenvalue weighted by molar-refractivity contribution is -0.131. The van der Waals surface area contributed by atoms with Gasteiger partial charge in [0.25, 0.3) is 0 Å². The molecule has 0 saturated carbocycles. The monoisotopic (exact) mass is 298 g/mol. The molecule has 4 heteroatoms. The van der Waals surface area contributed by atoms with Gasteiger partial charge < -0.3 is 11.1 Å². The molecule has 0 aliphatic rings. The number of hydrogen-bond donors (Lipinski definition) is 2. The van der Waals surface area contributed by atoms with Gasteiger partial charge in [-0.3, -0.25) is 4.79 Å². The fourth-order valence-corrected chi connectivity index (χ4v) is 2.22. The quantitative estimate of drug-likeness (QED) is 0.813. The maximum atomic E-state index is 12.2. The van der Waals surface area contributed by atoms with E-state index in [0.29, 0.717) is 13.1 Å². The van der Waals surface area contributed by atoms with Crippen molar-refractivity contribution in [3.63, 3.8) is 0 Å². The molecule has 0 aliphatic carbocycles. The second-order valence-corrected chi connectivity index (χ2v) is 5.18. The number of hydrogen-bond acceptors (Lipinski definition) is 2. The summed E-state index contributed by atoms with van der Waals surface area (Å²) < 4.78 is 0. The maximum absolute atomic E-state index is 12.2. The highest BCUT2D eigenvalue weighted by Gasteiger charge is 2.32. The van der Waals surface area contributed by atoms with Gasteiger partial charge in [0.1, 0.15) is 0 Å². The van der Waals surface area contributed by atoms with Crippen molar-refractivity contribution in [1.82, 2.24) is 5.32 Å². The van der Waals surface area contributed by atoms with Crippen LogP contribution in [0.5, 0.6) is 0 Å². The SMILES string of the molecule is CCC(CC)(CN)C(=O)NCCc1ccc(C)cc1.Cl. The fraction of sp³-hybridized carbons (Fsp3) is 0.562. The highest BCUT2D eigenvalue weighted by molar-refractivity contribution is 5.85. The van der Waals surface area contributed by atoms with Gasteiger partial charge in [-0.1, -0.05) is 43.7 Å². The summed E-state index contributed by atoms with van der Waals surface area (Å²) in [4.78, 5) is 12.2. The molecule has 0 bridgehead atoms. The molecule has 0 aromatic heterocycles. The number of nitrogens with two attached hydrogens (primary N) is 1. The number of halogens is 1. The zero-order chi connectivity index (χ0) is 14.3. The number of aryl methyl sites for hydroxylation is 1. The summed E-state index contributed by atoms with van der Waals surface area (Å²) in [6.07, 6.45) is 2.44. The molecule has 0 atom stereocenters. The number of carbonyl (C=O) groups excluding carboxylic acids is 1. The lowest BCUT2D eigenvalue weighted by Gasteiger charge is -2.28. The van der Waals surface area contributed by atoms with E-state index in [0.717, 1.165) is 19.3 Å². The number of amides is 1. The summed E-state index contributed by atoms with van der Waals surface area (Å²) in [7, 11) is 0. The van der Waals surface area contributed by atoms with E-state index < -0.39 is 5.41 Å². The Morgan fingerprint density at radius 1 is 1.20 bits per heavy atom. The van der Waals surface area contributed by atoms with E-state index in [1.165, 1.54) is 11.1 Å². The topological polar surface area (TPSA) is 55.1 Å². The predicted molar refractivity (Wildman–Crippen MR) is 87.2 cm³/mol. The summed E-state index contributed by atoms with van der Waals surface area (Å²) in [6, 6.07) is 8.41. The van der Waals surface area contributed by atoms with E-state index in [1.807, 2.05) is 13.8 Å². The number of nitrogens with one attached hydrogen (secondary N) is 1. The van der Waals surface area contributed by atoms with Crippen molar-refractivity contribution in [3.8, 4) is 0 Å². The van der Waals surface area contributed by atoms with Crippen molar-refractivity contribution in [1.29, 1.82) is 0 Å². The molecule has 3 N–H and O–H groups in total. The Hall–Kier alpha value is -1.06. The third-order valence-corrected chi connectivity index (χ3v) is 4.05. The van der Waals surface area contributed by atoms with Crippen LogP contribution in [0.4, 0.5) is 0 Å². The van der Waals surface area contributed by atoms with Crippen molar-refractivity contribution < 1.29 is 4.79 Å².